The summed E-state index contributed by atoms with van der Waals surface area (Å²) in [6.07, 6.45) is 1.78. The van der Waals surface area contributed by atoms with Crippen molar-refractivity contribution in [3.8, 4) is 0 Å². The molecule has 1 aliphatic heterocycles. The number of aromatic amines is 1. The summed E-state index contributed by atoms with van der Waals surface area (Å²) >= 11 is 0. The molecule has 0 fully saturated rings. The molecule has 0 aliphatic carbocycles. The average molecular weight is 318 g/mol. The van der Waals surface area contributed by atoms with Crippen LogP contribution in [-0.2, 0) is 17.9 Å². The van der Waals surface area contributed by atoms with Gasteiger partial charge in [-0.1, -0.05) is 58.0 Å². The van der Waals surface area contributed by atoms with Gasteiger partial charge < -0.3 is 15.0 Å². The molecule has 128 valence electrons. The van der Waals surface area contributed by atoms with E-state index in [1.165, 1.54) is 5.56 Å². The number of amides is 1. The summed E-state index contributed by atoms with van der Waals surface area (Å²) in [5.41, 5.74) is 3.03. The molecule has 3 rings (SSSR count). The van der Waals surface area contributed by atoms with Crippen molar-refractivity contribution in [1.82, 2.24) is 10.3 Å². The zero-order valence-electron chi connectivity index (χ0n) is 15.0. The zero-order valence-corrected chi connectivity index (χ0v) is 15.0. The molecular formula is C19H30N2O2. The first-order valence-electron chi connectivity index (χ1n) is 8.37. The van der Waals surface area contributed by atoms with Gasteiger partial charge in [-0.3, -0.25) is 4.79 Å². The first-order chi connectivity index (χ1) is 11.3. The van der Waals surface area contributed by atoms with Crippen molar-refractivity contribution >= 4 is 5.91 Å². The number of carbonyl (C=O) groups is 1. The second-order valence-corrected chi connectivity index (χ2v) is 4.18. The standard InChI is InChI=1S/C9H12O.C6H6N2O.2C2H6/c1-2-10-8-9-6-4-3-5-7-9;9-6-4-1-2-7-5(4)3-8-6;2*1-2/h3-7H,2,8H2,1H3;1-2,7H,3H2,(H,8,9);2*1-2H3. The molecule has 2 N–H and O–H groups in total. The monoisotopic (exact) mass is 318 g/mol. The lowest BCUT2D eigenvalue weighted by atomic mass is 10.2. The van der Waals surface area contributed by atoms with E-state index in [4.69, 9.17) is 4.74 Å². The van der Waals surface area contributed by atoms with Crippen LogP contribution in [0.1, 0.15) is 56.2 Å². The van der Waals surface area contributed by atoms with Crippen molar-refractivity contribution in [2.24, 2.45) is 0 Å². The average Bonchev–Trinajstić information content (AvgIpc) is 3.24. The van der Waals surface area contributed by atoms with Crippen molar-refractivity contribution in [2.75, 3.05) is 6.61 Å². The van der Waals surface area contributed by atoms with E-state index in [9.17, 15) is 4.79 Å². The summed E-state index contributed by atoms with van der Waals surface area (Å²) in [7, 11) is 0. The fraction of sp³-hybridized carbons (Fsp3) is 0.421. The second-order valence-electron chi connectivity index (χ2n) is 4.18. The van der Waals surface area contributed by atoms with Gasteiger partial charge >= 0.3 is 0 Å². The third kappa shape index (κ3) is 7.66. The summed E-state index contributed by atoms with van der Waals surface area (Å²) in [5, 5.41) is 2.69. The van der Waals surface area contributed by atoms with E-state index >= 15 is 0 Å². The van der Waals surface area contributed by atoms with Crippen LogP contribution >= 0.6 is 0 Å². The Morgan fingerprint density at radius 1 is 1.04 bits per heavy atom. The van der Waals surface area contributed by atoms with Gasteiger partial charge in [-0.25, -0.2) is 0 Å². The van der Waals surface area contributed by atoms with Crippen molar-refractivity contribution in [1.29, 1.82) is 0 Å². The fourth-order valence-electron chi connectivity index (χ4n) is 1.82. The van der Waals surface area contributed by atoms with Gasteiger partial charge in [0.1, 0.15) is 0 Å². The summed E-state index contributed by atoms with van der Waals surface area (Å²) in [4.78, 5) is 13.8. The number of hydrogen-bond acceptors (Lipinski definition) is 2. The molecule has 1 aromatic heterocycles. The molecule has 2 aromatic rings. The number of aromatic nitrogens is 1. The summed E-state index contributed by atoms with van der Waals surface area (Å²) in [6.45, 7) is 12.2. The van der Waals surface area contributed by atoms with Crippen molar-refractivity contribution in [3.05, 3.63) is 59.4 Å². The number of nitrogens with one attached hydrogen (secondary N) is 2. The second kappa shape index (κ2) is 13.6. The number of benzene rings is 1. The lowest BCUT2D eigenvalue weighted by Crippen LogP contribution is -2.12. The Bertz CT molecular complexity index is 521. The number of hydrogen-bond donors (Lipinski definition) is 2. The number of ether oxygens (including phenoxy) is 1. The molecule has 4 nitrogen and oxygen atoms in total. The lowest BCUT2D eigenvalue weighted by molar-refractivity contribution is 0.0965. The molecule has 0 unspecified atom stereocenters. The van der Waals surface area contributed by atoms with Gasteiger partial charge in [-0.15, -0.1) is 0 Å². The minimum Gasteiger partial charge on any atom is -0.377 e. The van der Waals surface area contributed by atoms with Gasteiger partial charge in [0, 0.05) is 18.5 Å². The number of H-pyrrole nitrogens is 1. The Hall–Kier alpha value is -2.07. The number of fused-ring (bicyclic) bond motifs is 1. The molecule has 0 saturated heterocycles. The molecule has 0 spiro atoms. The van der Waals surface area contributed by atoms with Crippen LogP contribution in [0.5, 0.6) is 0 Å². The topological polar surface area (TPSA) is 54.1 Å². The van der Waals surface area contributed by atoms with Gasteiger partial charge in [0.15, 0.2) is 0 Å². The maximum absolute atomic E-state index is 10.8. The van der Waals surface area contributed by atoms with E-state index in [2.05, 4.69) is 22.4 Å². The van der Waals surface area contributed by atoms with E-state index < -0.39 is 0 Å². The molecule has 2 heterocycles. The Labute approximate surface area is 140 Å². The van der Waals surface area contributed by atoms with Gasteiger partial charge in [0.05, 0.1) is 18.7 Å². The Balaban J connectivity index is 0.000000347. The molecule has 0 radical (unpaired) electrons. The quantitative estimate of drug-likeness (QED) is 0.873. The Kier molecular flexibility index (Phi) is 12.4. The maximum Gasteiger partial charge on any atom is 0.253 e. The highest BCUT2D eigenvalue weighted by Crippen LogP contribution is 2.11. The molecule has 1 amide bonds. The largest absolute Gasteiger partial charge is 0.377 e. The molecule has 1 aliphatic rings. The summed E-state index contributed by atoms with van der Waals surface area (Å²) in [5.74, 6) is 0.0336. The number of carbonyl (C=O) groups excluding carboxylic acids is 1. The minimum absolute atomic E-state index is 0.0336. The third-order valence-electron chi connectivity index (χ3n) is 2.82. The van der Waals surface area contributed by atoms with Gasteiger partial charge in [-0.05, 0) is 18.6 Å². The van der Waals surface area contributed by atoms with Crippen LogP contribution < -0.4 is 5.32 Å². The van der Waals surface area contributed by atoms with Gasteiger partial charge in [0.25, 0.3) is 5.91 Å². The smallest absolute Gasteiger partial charge is 0.253 e. The summed E-state index contributed by atoms with van der Waals surface area (Å²) in [6, 6.07) is 12.0. The molecular weight excluding hydrogens is 288 g/mol. The Morgan fingerprint density at radius 2 is 1.70 bits per heavy atom. The van der Waals surface area contributed by atoms with Crippen molar-refractivity contribution in [3.63, 3.8) is 0 Å². The van der Waals surface area contributed by atoms with Crippen LogP contribution in [0.2, 0.25) is 0 Å². The fourth-order valence-corrected chi connectivity index (χ4v) is 1.82. The van der Waals surface area contributed by atoms with Crippen molar-refractivity contribution in [2.45, 2.75) is 47.8 Å². The molecule has 0 bridgehead atoms. The van der Waals surface area contributed by atoms with Crippen LogP contribution in [0.25, 0.3) is 0 Å². The number of rotatable bonds is 3. The van der Waals surface area contributed by atoms with E-state index in [-0.39, 0.29) is 5.91 Å². The van der Waals surface area contributed by atoms with Crippen LogP contribution in [0.3, 0.4) is 0 Å². The zero-order chi connectivity index (χ0) is 17.5. The van der Waals surface area contributed by atoms with E-state index in [0.717, 1.165) is 24.5 Å². The van der Waals surface area contributed by atoms with Crippen molar-refractivity contribution < 1.29 is 9.53 Å². The lowest BCUT2D eigenvalue weighted by Gasteiger charge is -1.98. The SMILES string of the molecule is CC.CC.CCOCc1ccccc1.O=C1NCc2[nH]ccc21. The highest BCUT2D eigenvalue weighted by atomic mass is 16.5. The molecule has 1 aromatic carbocycles. The van der Waals surface area contributed by atoms with E-state index in [0.29, 0.717) is 6.54 Å². The van der Waals surface area contributed by atoms with Crippen LogP contribution in [-0.4, -0.2) is 17.5 Å². The van der Waals surface area contributed by atoms with E-state index in [1.54, 1.807) is 12.3 Å². The van der Waals surface area contributed by atoms with Crippen LogP contribution in [0, 0.1) is 0 Å². The first-order valence-corrected chi connectivity index (χ1v) is 8.37. The first kappa shape index (κ1) is 20.9. The van der Waals surface area contributed by atoms with Gasteiger partial charge in [-0.2, -0.15) is 0 Å². The van der Waals surface area contributed by atoms with Crippen LogP contribution in [0.4, 0.5) is 0 Å². The summed E-state index contributed by atoms with van der Waals surface area (Å²) < 4.78 is 5.22. The predicted molar refractivity (Wildman–Crippen MR) is 96.4 cm³/mol. The van der Waals surface area contributed by atoms with Crippen LogP contribution in [0.15, 0.2) is 42.6 Å². The predicted octanol–water partition coefficient (Wildman–Crippen LogP) is 4.53. The Morgan fingerprint density at radius 3 is 2.26 bits per heavy atom. The molecule has 0 saturated carbocycles. The molecule has 4 heteroatoms. The highest BCUT2D eigenvalue weighted by molar-refractivity contribution is 5.97. The maximum atomic E-state index is 10.8. The molecule has 23 heavy (non-hydrogen) atoms. The highest BCUT2D eigenvalue weighted by Gasteiger charge is 2.18. The van der Waals surface area contributed by atoms with E-state index in [1.807, 2.05) is 52.8 Å². The molecule has 0 atom stereocenters. The minimum atomic E-state index is 0.0336. The van der Waals surface area contributed by atoms with Gasteiger partial charge in [0.2, 0.25) is 0 Å². The third-order valence-corrected chi connectivity index (χ3v) is 2.82. The normalized spacial score (nSPS) is 10.7.